The van der Waals surface area contributed by atoms with Crippen molar-refractivity contribution in [2.75, 3.05) is 19.7 Å². The summed E-state index contributed by atoms with van der Waals surface area (Å²) in [7, 11) is 0. The first kappa shape index (κ1) is 15.0. The highest BCUT2D eigenvalue weighted by Crippen LogP contribution is 2.19. The summed E-state index contributed by atoms with van der Waals surface area (Å²) in [5.41, 5.74) is 2.08. The lowest BCUT2D eigenvalue weighted by Crippen LogP contribution is -2.53. The third kappa shape index (κ3) is 4.05. The first-order chi connectivity index (χ1) is 9.95. The normalized spacial score (nSPS) is 14.9. The number of hydrogen-bond donors (Lipinski definition) is 1. The molecule has 0 spiro atoms. The Balaban J connectivity index is 1.85. The monoisotopic (exact) mass is 290 g/mol. The number of piperazine rings is 1. The molecule has 1 aliphatic rings. The maximum atomic E-state index is 11.9. The maximum Gasteiger partial charge on any atom is 0.246 e. The molecule has 0 unspecified atom stereocenters. The van der Waals surface area contributed by atoms with Crippen molar-refractivity contribution in [1.82, 2.24) is 10.2 Å². The Morgan fingerprint density at radius 3 is 2.57 bits per heavy atom. The number of hydrogen-bond acceptors (Lipinski definition) is 4. The summed E-state index contributed by atoms with van der Waals surface area (Å²) in [6.45, 7) is 3.97. The largest absolute Gasteiger partial charge is 0.493 e. The van der Waals surface area contributed by atoms with Crippen molar-refractivity contribution in [2.45, 2.75) is 20.3 Å². The minimum Gasteiger partial charge on any atom is -0.493 e. The molecule has 2 rings (SSSR count). The van der Waals surface area contributed by atoms with Crippen molar-refractivity contribution in [3.8, 4) is 5.75 Å². The third-order valence-corrected chi connectivity index (χ3v) is 3.22. The number of carbonyl (C=O) groups is 3. The molecule has 0 saturated carbocycles. The minimum absolute atomic E-state index is 0.0754. The molecule has 112 valence electrons. The first-order valence-electron chi connectivity index (χ1n) is 6.76. The highest BCUT2D eigenvalue weighted by molar-refractivity contribution is 6.02. The summed E-state index contributed by atoms with van der Waals surface area (Å²) < 4.78 is 5.60. The topological polar surface area (TPSA) is 75.7 Å². The Hall–Kier alpha value is -2.37. The van der Waals surface area contributed by atoms with Gasteiger partial charge in [0.15, 0.2) is 0 Å². The molecule has 21 heavy (non-hydrogen) atoms. The van der Waals surface area contributed by atoms with Crippen molar-refractivity contribution in [3.05, 3.63) is 29.3 Å². The molecule has 0 atom stereocenters. The molecule has 1 saturated heterocycles. The zero-order chi connectivity index (χ0) is 15.4. The quantitative estimate of drug-likeness (QED) is 0.822. The van der Waals surface area contributed by atoms with Gasteiger partial charge < -0.3 is 9.64 Å². The smallest absolute Gasteiger partial charge is 0.246 e. The van der Waals surface area contributed by atoms with E-state index < -0.39 is 11.8 Å². The van der Waals surface area contributed by atoms with E-state index in [-0.39, 0.29) is 32.0 Å². The fourth-order valence-electron chi connectivity index (χ4n) is 2.08. The molecule has 0 aromatic heterocycles. The summed E-state index contributed by atoms with van der Waals surface area (Å²) >= 11 is 0. The second-order valence-corrected chi connectivity index (χ2v) is 5.09. The third-order valence-electron chi connectivity index (χ3n) is 3.22. The molecule has 1 aliphatic heterocycles. The van der Waals surface area contributed by atoms with E-state index in [0.717, 1.165) is 16.9 Å². The van der Waals surface area contributed by atoms with Gasteiger partial charge in [-0.2, -0.15) is 0 Å². The minimum atomic E-state index is -0.449. The Labute approximate surface area is 123 Å². The molecule has 1 N–H and O–H groups in total. The van der Waals surface area contributed by atoms with Crippen molar-refractivity contribution in [3.63, 3.8) is 0 Å². The molecule has 1 aromatic rings. The van der Waals surface area contributed by atoms with Crippen LogP contribution in [0.5, 0.6) is 5.75 Å². The average molecular weight is 290 g/mol. The van der Waals surface area contributed by atoms with Crippen LogP contribution in [0.2, 0.25) is 0 Å². The fraction of sp³-hybridized carbons (Fsp3) is 0.400. The van der Waals surface area contributed by atoms with Gasteiger partial charge in [-0.1, -0.05) is 12.1 Å². The zero-order valence-corrected chi connectivity index (χ0v) is 12.1. The van der Waals surface area contributed by atoms with Gasteiger partial charge in [0, 0.05) is 0 Å². The lowest BCUT2D eigenvalue weighted by atomic mass is 10.1. The van der Waals surface area contributed by atoms with Crippen LogP contribution in [0.15, 0.2) is 18.2 Å². The van der Waals surface area contributed by atoms with Gasteiger partial charge >= 0.3 is 0 Å². The highest BCUT2D eigenvalue weighted by atomic mass is 16.5. The van der Waals surface area contributed by atoms with Crippen LogP contribution >= 0.6 is 0 Å². The lowest BCUT2D eigenvalue weighted by molar-refractivity contribution is -0.145. The van der Waals surface area contributed by atoms with Gasteiger partial charge in [0.05, 0.1) is 13.0 Å². The summed E-state index contributed by atoms with van der Waals surface area (Å²) in [5.74, 6) is -0.413. The molecular weight excluding hydrogens is 272 g/mol. The van der Waals surface area contributed by atoms with E-state index >= 15 is 0 Å². The Kier molecular flexibility index (Phi) is 4.57. The molecule has 6 nitrogen and oxygen atoms in total. The average Bonchev–Trinajstić information content (AvgIpc) is 2.41. The van der Waals surface area contributed by atoms with E-state index in [1.807, 2.05) is 32.0 Å². The maximum absolute atomic E-state index is 11.9. The van der Waals surface area contributed by atoms with Crippen molar-refractivity contribution in [2.24, 2.45) is 0 Å². The summed E-state index contributed by atoms with van der Waals surface area (Å²) in [6, 6.07) is 5.86. The van der Waals surface area contributed by atoms with Crippen LogP contribution in [0, 0.1) is 13.8 Å². The molecular formula is C15H18N2O4. The van der Waals surface area contributed by atoms with Crippen LogP contribution in [0.4, 0.5) is 0 Å². The standard InChI is InChI=1S/C15H18N2O4/c1-10-3-4-11(2)12(7-10)21-6-5-15(20)17-8-13(18)16-14(19)9-17/h3-4,7H,5-6,8-9H2,1-2H3,(H,16,18,19). The predicted octanol–water partition coefficient (Wildman–Crippen LogP) is 0.557. The molecule has 3 amide bonds. The van der Waals surface area contributed by atoms with E-state index in [9.17, 15) is 14.4 Å². The predicted molar refractivity (Wildman–Crippen MR) is 75.8 cm³/mol. The first-order valence-corrected chi connectivity index (χ1v) is 6.76. The number of carbonyl (C=O) groups excluding carboxylic acids is 3. The van der Waals surface area contributed by atoms with Gasteiger partial charge in [-0.15, -0.1) is 0 Å². The Bertz CT molecular complexity index is 567. The molecule has 6 heteroatoms. The Morgan fingerprint density at radius 1 is 1.24 bits per heavy atom. The summed E-state index contributed by atoms with van der Waals surface area (Å²) in [4.78, 5) is 35.6. The highest BCUT2D eigenvalue weighted by Gasteiger charge is 2.25. The summed E-state index contributed by atoms with van der Waals surface area (Å²) in [5, 5.41) is 2.16. The van der Waals surface area contributed by atoms with Gasteiger partial charge in [-0.3, -0.25) is 19.7 Å². The molecule has 1 fully saturated rings. The van der Waals surface area contributed by atoms with E-state index in [2.05, 4.69) is 5.32 Å². The van der Waals surface area contributed by atoms with Gasteiger partial charge in [-0.05, 0) is 31.0 Å². The van der Waals surface area contributed by atoms with Crippen LogP contribution in [0.3, 0.4) is 0 Å². The number of nitrogens with zero attached hydrogens (tertiary/aromatic N) is 1. The van der Waals surface area contributed by atoms with E-state index in [0.29, 0.717) is 0 Å². The van der Waals surface area contributed by atoms with Gasteiger partial charge in [-0.25, -0.2) is 0 Å². The second-order valence-electron chi connectivity index (χ2n) is 5.09. The number of imide groups is 1. The molecule has 0 radical (unpaired) electrons. The van der Waals surface area contributed by atoms with Crippen LogP contribution in [0.25, 0.3) is 0 Å². The second kappa shape index (κ2) is 6.39. The van der Waals surface area contributed by atoms with E-state index in [4.69, 9.17) is 4.74 Å². The number of amides is 3. The van der Waals surface area contributed by atoms with Crippen molar-refractivity contribution >= 4 is 17.7 Å². The van der Waals surface area contributed by atoms with Gasteiger partial charge in [0.1, 0.15) is 18.8 Å². The fourth-order valence-corrected chi connectivity index (χ4v) is 2.08. The number of benzene rings is 1. The SMILES string of the molecule is Cc1ccc(C)c(OCCC(=O)N2CC(=O)NC(=O)C2)c1. The molecule has 1 aromatic carbocycles. The number of rotatable bonds is 4. The summed E-state index contributed by atoms with van der Waals surface area (Å²) in [6.07, 6.45) is 0.133. The van der Waals surface area contributed by atoms with E-state index in [1.54, 1.807) is 0 Å². The number of ether oxygens (including phenoxy) is 1. The van der Waals surface area contributed by atoms with Crippen LogP contribution in [-0.4, -0.2) is 42.3 Å². The molecule has 1 heterocycles. The van der Waals surface area contributed by atoms with Crippen molar-refractivity contribution in [1.29, 1.82) is 0 Å². The number of aryl methyl sites for hydroxylation is 2. The van der Waals surface area contributed by atoms with Crippen LogP contribution in [0.1, 0.15) is 17.5 Å². The van der Waals surface area contributed by atoms with Crippen LogP contribution < -0.4 is 10.1 Å². The lowest BCUT2D eigenvalue weighted by Gasteiger charge is -2.25. The van der Waals surface area contributed by atoms with Gasteiger partial charge in [0.2, 0.25) is 17.7 Å². The van der Waals surface area contributed by atoms with Crippen molar-refractivity contribution < 1.29 is 19.1 Å². The number of nitrogens with one attached hydrogen (secondary N) is 1. The molecule has 0 bridgehead atoms. The van der Waals surface area contributed by atoms with Gasteiger partial charge in [0.25, 0.3) is 0 Å². The molecule has 0 aliphatic carbocycles. The zero-order valence-electron chi connectivity index (χ0n) is 12.1. The van der Waals surface area contributed by atoms with Crippen LogP contribution in [-0.2, 0) is 14.4 Å². The van der Waals surface area contributed by atoms with E-state index in [1.165, 1.54) is 4.90 Å². The Morgan fingerprint density at radius 2 is 1.90 bits per heavy atom.